The molecule has 1 atom stereocenters. The molecule has 0 amide bonds. The normalized spacial score (nSPS) is 12.7. The van der Waals surface area contributed by atoms with E-state index in [2.05, 4.69) is 0 Å². The minimum atomic E-state index is -0.194. The van der Waals surface area contributed by atoms with Crippen molar-refractivity contribution >= 4 is 0 Å². The van der Waals surface area contributed by atoms with Crippen molar-refractivity contribution in [3.63, 3.8) is 0 Å². The molecule has 0 saturated heterocycles. The Hall–Kier alpha value is -0.930. The molecule has 2 nitrogen and oxygen atoms in total. The molecule has 0 aliphatic heterocycles. The van der Waals surface area contributed by atoms with Gasteiger partial charge in [-0.3, -0.25) is 0 Å². The lowest BCUT2D eigenvalue weighted by Gasteiger charge is -2.15. The first-order valence-corrected chi connectivity index (χ1v) is 5.81. The molecule has 0 aromatic heterocycles. The molecule has 3 heteroatoms. The van der Waals surface area contributed by atoms with Crippen LogP contribution in [0.1, 0.15) is 31.2 Å². The highest BCUT2D eigenvalue weighted by Crippen LogP contribution is 2.20. The maximum Gasteiger partial charge on any atom is 0.123 e. The average Bonchev–Trinajstić information content (AvgIpc) is 2.29. The monoisotopic (exact) mass is 225 g/mol. The van der Waals surface area contributed by atoms with Crippen LogP contribution in [-0.2, 0) is 4.74 Å². The zero-order valence-corrected chi connectivity index (χ0v) is 9.79. The summed E-state index contributed by atoms with van der Waals surface area (Å²) in [7, 11) is 0. The van der Waals surface area contributed by atoms with E-state index in [1.165, 1.54) is 6.07 Å². The van der Waals surface area contributed by atoms with Gasteiger partial charge < -0.3 is 10.5 Å². The van der Waals surface area contributed by atoms with Crippen LogP contribution < -0.4 is 5.73 Å². The average molecular weight is 225 g/mol. The van der Waals surface area contributed by atoms with Gasteiger partial charge in [0.15, 0.2) is 0 Å². The number of hydrogen-bond acceptors (Lipinski definition) is 2. The van der Waals surface area contributed by atoms with Crippen LogP contribution in [0.2, 0.25) is 0 Å². The third-order valence-electron chi connectivity index (χ3n) is 2.65. The highest BCUT2D eigenvalue weighted by atomic mass is 19.1. The van der Waals surface area contributed by atoms with E-state index >= 15 is 0 Å². The van der Waals surface area contributed by atoms with Gasteiger partial charge in [0.25, 0.3) is 0 Å². The molecule has 0 aliphatic carbocycles. The highest BCUT2D eigenvalue weighted by molar-refractivity contribution is 5.20. The topological polar surface area (TPSA) is 35.2 Å². The molecule has 1 aromatic carbocycles. The van der Waals surface area contributed by atoms with E-state index < -0.39 is 0 Å². The summed E-state index contributed by atoms with van der Waals surface area (Å²) in [5.41, 5.74) is 6.69. The standard InChI is InChI=1S/C13H20FNO/c1-2-16-8-4-6-12(10-15)11-5-3-7-13(14)9-11/h3,5,7,9,12H,2,4,6,8,10,15H2,1H3. The Balaban J connectivity index is 2.47. The summed E-state index contributed by atoms with van der Waals surface area (Å²) >= 11 is 0. The quantitative estimate of drug-likeness (QED) is 0.724. The Morgan fingerprint density at radius 2 is 2.25 bits per heavy atom. The maximum atomic E-state index is 13.0. The number of halogens is 1. The lowest BCUT2D eigenvalue weighted by Crippen LogP contribution is -2.13. The van der Waals surface area contributed by atoms with Gasteiger partial charge in [0.2, 0.25) is 0 Å². The summed E-state index contributed by atoms with van der Waals surface area (Å²) < 4.78 is 18.3. The zero-order chi connectivity index (χ0) is 11.8. The number of rotatable bonds is 7. The first-order chi connectivity index (χ1) is 7.77. The Morgan fingerprint density at radius 1 is 1.44 bits per heavy atom. The van der Waals surface area contributed by atoms with Crippen LogP contribution >= 0.6 is 0 Å². The molecule has 1 rings (SSSR count). The number of nitrogens with two attached hydrogens (primary N) is 1. The molecule has 0 fully saturated rings. The minimum absolute atomic E-state index is 0.194. The van der Waals surface area contributed by atoms with Crippen LogP contribution in [0.15, 0.2) is 24.3 Å². The smallest absolute Gasteiger partial charge is 0.123 e. The molecule has 0 saturated carbocycles. The van der Waals surface area contributed by atoms with Crippen molar-refractivity contribution < 1.29 is 9.13 Å². The lowest BCUT2D eigenvalue weighted by molar-refractivity contribution is 0.142. The third-order valence-corrected chi connectivity index (χ3v) is 2.65. The van der Waals surface area contributed by atoms with E-state index in [0.29, 0.717) is 6.54 Å². The fraction of sp³-hybridized carbons (Fsp3) is 0.538. The molecule has 0 aliphatic rings. The number of benzene rings is 1. The molecule has 90 valence electrons. The van der Waals surface area contributed by atoms with E-state index in [9.17, 15) is 4.39 Å². The van der Waals surface area contributed by atoms with Gasteiger partial charge >= 0.3 is 0 Å². The molecule has 0 spiro atoms. The lowest BCUT2D eigenvalue weighted by atomic mass is 9.94. The fourth-order valence-corrected chi connectivity index (χ4v) is 1.76. The fourth-order valence-electron chi connectivity index (χ4n) is 1.76. The molecular formula is C13H20FNO. The van der Waals surface area contributed by atoms with Crippen LogP contribution in [0.3, 0.4) is 0 Å². The van der Waals surface area contributed by atoms with Crippen molar-refractivity contribution in [1.29, 1.82) is 0 Å². The van der Waals surface area contributed by atoms with E-state index in [1.54, 1.807) is 12.1 Å². The van der Waals surface area contributed by atoms with Crippen molar-refractivity contribution in [1.82, 2.24) is 0 Å². The molecule has 16 heavy (non-hydrogen) atoms. The van der Waals surface area contributed by atoms with E-state index in [1.807, 2.05) is 13.0 Å². The molecular weight excluding hydrogens is 205 g/mol. The predicted octanol–water partition coefficient (Wildman–Crippen LogP) is 2.68. The van der Waals surface area contributed by atoms with Crippen LogP contribution in [-0.4, -0.2) is 19.8 Å². The van der Waals surface area contributed by atoms with Crippen molar-refractivity contribution in [2.75, 3.05) is 19.8 Å². The Morgan fingerprint density at radius 3 is 2.88 bits per heavy atom. The van der Waals surface area contributed by atoms with E-state index in [-0.39, 0.29) is 11.7 Å². The Kier molecular flexibility index (Phi) is 6.04. The van der Waals surface area contributed by atoms with Gasteiger partial charge in [-0.05, 0) is 49.9 Å². The number of ether oxygens (including phenoxy) is 1. The molecule has 0 bridgehead atoms. The second-order valence-electron chi connectivity index (χ2n) is 3.83. The molecule has 2 N–H and O–H groups in total. The predicted molar refractivity (Wildman–Crippen MR) is 63.9 cm³/mol. The SMILES string of the molecule is CCOCCCC(CN)c1cccc(F)c1. The van der Waals surface area contributed by atoms with Crippen molar-refractivity contribution in [2.45, 2.75) is 25.7 Å². The molecule has 0 radical (unpaired) electrons. The van der Waals surface area contributed by atoms with Gasteiger partial charge in [0.1, 0.15) is 5.82 Å². The maximum absolute atomic E-state index is 13.0. The van der Waals surface area contributed by atoms with Gasteiger partial charge in [0, 0.05) is 13.2 Å². The van der Waals surface area contributed by atoms with Gasteiger partial charge in [-0.1, -0.05) is 12.1 Å². The van der Waals surface area contributed by atoms with Gasteiger partial charge in [-0.25, -0.2) is 4.39 Å². The van der Waals surface area contributed by atoms with Gasteiger partial charge in [0.05, 0.1) is 0 Å². The first-order valence-electron chi connectivity index (χ1n) is 5.81. The summed E-state index contributed by atoms with van der Waals surface area (Å²) in [6, 6.07) is 6.69. The Bertz CT molecular complexity index is 304. The molecule has 1 unspecified atom stereocenters. The van der Waals surface area contributed by atoms with Gasteiger partial charge in [-0.2, -0.15) is 0 Å². The summed E-state index contributed by atoms with van der Waals surface area (Å²) in [5, 5.41) is 0. The largest absolute Gasteiger partial charge is 0.382 e. The second-order valence-corrected chi connectivity index (χ2v) is 3.83. The van der Waals surface area contributed by atoms with Crippen LogP contribution in [0.5, 0.6) is 0 Å². The van der Waals surface area contributed by atoms with Crippen LogP contribution in [0.4, 0.5) is 4.39 Å². The van der Waals surface area contributed by atoms with Crippen LogP contribution in [0, 0.1) is 5.82 Å². The zero-order valence-electron chi connectivity index (χ0n) is 9.79. The van der Waals surface area contributed by atoms with E-state index in [0.717, 1.165) is 31.6 Å². The minimum Gasteiger partial charge on any atom is -0.382 e. The third kappa shape index (κ3) is 4.29. The first kappa shape index (κ1) is 13.1. The molecule has 1 aromatic rings. The van der Waals surface area contributed by atoms with Crippen LogP contribution in [0.25, 0.3) is 0 Å². The van der Waals surface area contributed by atoms with E-state index in [4.69, 9.17) is 10.5 Å². The van der Waals surface area contributed by atoms with Gasteiger partial charge in [-0.15, -0.1) is 0 Å². The summed E-state index contributed by atoms with van der Waals surface area (Å²) in [6.07, 6.45) is 1.91. The van der Waals surface area contributed by atoms with Crippen molar-refractivity contribution in [3.05, 3.63) is 35.6 Å². The van der Waals surface area contributed by atoms with Crippen molar-refractivity contribution in [3.8, 4) is 0 Å². The Labute approximate surface area is 96.6 Å². The summed E-state index contributed by atoms with van der Waals surface area (Å²) in [6.45, 7) is 4.03. The highest BCUT2D eigenvalue weighted by Gasteiger charge is 2.09. The second kappa shape index (κ2) is 7.36. The molecule has 0 heterocycles. The summed E-state index contributed by atoms with van der Waals surface area (Å²) in [5.74, 6) is 0.0388. The number of hydrogen-bond donors (Lipinski definition) is 1. The summed E-state index contributed by atoms with van der Waals surface area (Å²) in [4.78, 5) is 0. The van der Waals surface area contributed by atoms with Crippen molar-refractivity contribution in [2.24, 2.45) is 5.73 Å².